The Morgan fingerprint density at radius 2 is 1.64 bits per heavy atom. The number of methoxy groups -OCH3 is 3. The highest BCUT2D eigenvalue weighted by atomic mass is 32.1. The van der Waals surface area contributed by atoms with Gasteiger partial charge in [0, 0.05) is 17.3 Å². The quantitative estimate of drug-likeness (QED) is 0.562. The molecule has 3 rings (SSSR count). The van der Waals surface area contributed by atoms with Crippen LogP contribution in [0.5, 0.6) is 11.5 Å². The number of nitrogens with one attached hydrogen (secondary N) is 2. The lowest BCUT2D eigenvalue weighted by Crippen LogP contribution is -2.30. The maximum Gasteiger partial charge on any atom is 0.308 e. The van der Waals surface area contributed by atoms with Gasteiger partial charge in [0.15, 0.2) is 11.5 Å². The monoisotopic (exact) mass is 474 g/mol. The molecule has 1 aliphatic carbocycles. The molecule has 0 saturated heterocycles. The zero-order valence-corrected chi connectivity index (χ0v) is 20.2. The smallest absolute Gasteiger partial charge is 0.308 e. The number of thiophene rings is 1. The maximum absolute atomic E-state index is 12.9. The van der Waals surface area contributed by atoms with E-state index in [0.29, 0.717) is 54.3 Å². The molecule has 33 heavy (non-hydrogen) atoms. The van der Waals surface area contributed by atoms with Gasteiger partial charge in [-0.3, -0.25) is 14.4 Å². The second-order valence-corrected chi connectivity index (χ2v) is 9.29. The Hall–Kier alpha value is -3.07. The highest BCUT2D eigenvalue weighted by Crippen LogP contribution is 2.33. The van der Waals surface area contributed by atoms with E-state index in [1.54, 1.807) is 26.4 Å². The summed E-state index contributed by atoms with van der Waals surface area (Å²) < 4.78 is 15.4. The number of rotatable bonds is 8. The third kappa shape index (κ3) is 6.04. The van der Waals surface area contributed by atoms with E-state index in [1.807, 2.05) is 19.1 Å². The molecule has 0 unspecified atom stereocenters. The number of amides is 2. The second kappa shape index (κ2) is 11.2. The zero-order valence-electron chi connectivity index (χ0n) is 19.4. The van der Waals surface area contributed by atoms with Gasteiger partial charge >= 0.3 is 5.97 Å². The van der Waals surface area contributed by atoms with Crippen molar-refractivity contribution in [3.8, 4) is 11.5 Å². The Bertz CT molecular complexity index is 1010. The molecule has 1 fully saturated rings. The summed E-state index contributed by atoms with van der Waals surface area (Å²) in [4.78, 5) is 38.3. The normalized spacial score (nSPS) is 17.7. The van der Waals surface area contributed by atoms with Gasteiger partial charge in [-0.25, -0.2) is 0 Å². The van der Waals surface area contributed by atoms with Crippen molar-refractivity contribution in [2.75, 3.05) is 26.6 Å². The van der Waals surface area contributed by atoms with Crippen LogP contribution in [-0.2, 0) is 20.9 Å². The van der Waals surface area contributed by atoms with Gasteiger partial charge < -0.3 is 24.8 Å². The van der Waals surface area contributed by atoms with E-state index in [4.69, 9.17) is 14.2 Å². The minimum absolute atomic E-state index is 0.117. The number of benzene rings is 1. The maximum atomic E-state index is 12.9. The standard InChI is InChI=1S/C24H30N2O6S/c1-14-11-18(22(28)25-13-15-5-10-19(30-2)20(12-15)31-3)23(33-14)26-21(27)16-6-8-17(9-7-16)24(29)32-4/h5,10-12,16-17H,6-9,13H2,1-4H3,(H,25,28)(H,26,27). The summed E-state index contributed by atoms with van der Waals surface area (Å²) in [5.41, 5.74) is 1.30. The molecular weight excluding hydrogens is 444 g/mol. The lowest BCUT2D eigenvalue weighted by atomic mass is 9.81. The molecule has 2 amide bonds. The van der Waals surface area contributed by atoms with Crippen LogP contribution in [0.15, 0.2) is 24.3 Å². The third-order valence-corrected chi connectivity index (χ3v) is 6.84. The van der Waals surface area contributed by atoms with Crippen molar-refractivity contribution in [1.29, 1.82) is 0 Å². The number of carbonyl (C=O) groups excluding carboxylic acids is 3. The van der Waals surface area contributed by atoms with Crippen LogP contribution < -0.4 is 20.1 Å². The molecule has 1 aromatic heterocycles. The average molecular weight is 475 g/mol. The van der Waals surface area contributed by atoms with E-state index in [9.17, 15) is 14.4 Å². The molecule has 0 radical (unpaired) electrons. The van der Waals surface area contributed by atoms with Gasteiger partial charge in [0.2, 0.25) is 5.91 Å². The van der Waals surface area contributed by atoms with Crippen molar-refractivity contribution in [1.82, 2.24) is 5.32 Å². The summed E-state index contributed by atoms with van der Waals surface area (Å²) in [6, 6.07) is 7.23. The van der Waals surface area contributed by atoms with E-state index in [2.05, 4.69) is 10.6 Å². The molecule has 8 nitrogen and oxygen atoms in total. The van der Waals surface area contributed by atoms with Crippen LogP contribution in [0, 0.1) is 18.8 Å². The van der Waals surface area contributed by atoms with E-state index in [-0.39, 0.29) is 29.6 Å². The Morgan fingerprint density at radius 1 is 0.970 bits per heavy atom. The van der Waals surface area contributed by atoms with Crippen LogP contribution in [0.25, 0.3) is 0 Å². The molecular formula is C24H30N2O6S. The Balaban J connectivity index is 1.61. The number of carbonyl (C=O) groups is 3. The number of hydrogen-bond acceptors (Lipinski definition) is 7. The summed E-state index contributed by atoms with van der Waals surface area (Å²) in [5, 5.41) is 6.38. The van der Waals surface area contributed by atoms with Crippen LogP contribution in [-0.4, -0.2) is 39.1 Å². The van der Waals surface area contributed by atoms with Crippen LogP contribution in [0.3, 0.4) is 0 Å². The highest BCUT2D eigenvalue weighted by molar-refractivity contribution is 7.16. The molecule has 0 spiro atoms. The third-order valence-electron chi connectivity index (χ3n) is 5.87. The molecule has 1 aliphatic rings. The number of aryl methyl sites for hydroxylation is 1. The second-order valence-electron chi connectivity index (χ2n) is 8.03. The first-order valence-corrected chi connectivity index (χ1v) is 11.7. The van der Waals surface area contributed by atoms with Gasteiger partial charge in [-0.05, 0) is 56.4 Å². The van der Waals surface area contributed by atoms with Crippen molar-refractivity contribution in [3.05, 3.63) is 40.3 Å². The topological polar surface area (TPSA) is 103 Å². The first-order chi connectivity index (χ1) is 15.9. The Labute approximate surface area is 197 Å². The van der Waals surface area contributed by atoms with E-state index in [1.165, 1.54) is 18.4 Å². The van der Waals surface area contributed by atoms with Crippen LogP contribution in [0.1, 0.15) is 46.5 Å². The van der Waals surface area contributed by atoms with Crippen molar-refractivity contribution in [3.63, 3.8) is 0 Å². The fourth-order valence-electron chi connectivity index (χ4n) is 4.02. The van der Waals surface area contributed by atoms with E-state index < -0.39 is 0 Å². The fourth-order valence-corrected chi connectivity index (χ4v) is 4.93. The number of anilines is 1. The number of hydrogen-bond donors (Lipinski definition) is 2. The summed E-state index contributed by atoms with van der Waals surface area (Å²) in [6.07, 6.45) is 2.51. The van der Waals surface area contributed by atoms with Gasteiger partial charge in [-0.1, -0.05) is 6.07 Å². The molecule has 178 valence electrons. The van der Waals surface area contributed by atoms with E-state index >= 15 is 0 Å². The Morgan fingerprint density at radius 3 is 2.27 bits per heavy atom. The number of ether oxygens (including phenoxy) is 3. The van der Waals surface area contributed by atoms with Gasteiger partial charge in [0.05, 0.1) is 32.8 Å². The summed E-state index contributed by atoms with van der Waals surface area (Å²) in [5.74, 6) is 0.290. The van der Waals surface area contributed by atoms with Crippen molar-refractivity contribution < 1.29 is 28.6 Å². The van der Waals surface area contributed by atoms with Gasteiger partial charge in [-0.15, -0.1) is 11.3 Å². The molecule has 1 saturated carbocycles. The van der Waals surface area contributed by atoms with Crippen LogP contribution >= 0.6 is 11.3 Å². The highest BCUT2D eigenvalue weighted by Gasteiger charge is 2.31. The molecule has 0 aliphatic heterocycles. The predicted octanol–water partition coefficient (Wildman–Crippen LogP) is 3.92. The van der Waals surface area contributed by atoms with Crippen LogP contribution in [0.2, 0.25) is 0 Å². The largest absolute Gasteiger partial charge is 0.493 e. The molecule has 1 heterocycles. The minimum atomic E-state index is -0.265. The zero-order chi connectivity index (χ0) is 24.0. The van der Waals surface area contributed by atoms with Gasteiger partial charge in [0.1, 0.15) is 5.00 Å². The lowest BCUT2D eigenvalue weighted by Gasteiger charge is -2.26. The van der Waals surface area contributed by atoms with Crippen LogP contribution in [0.4, 0.5) is 5.00 Å². The first-order valence-electron chi connectivity index (χ1n) is 10.8. The van der Waals surface area contributed by atoms with Gasteiger partial charge in [-0.2, -0.15) is 0 Å². The first kappa shape index (κ1) is 24.6. The summed E-state index contributed by atoms with van der Waals surface area (Å²) in [6.45, 7) is 2.20. The molecule has 2 N–H and O–H groups in total. The summed E-state index contributed by atoms with van der Waals surface area (Å²) in [7, 11) is 4.52. The molecule has 2 aromatic rings. The lowest BCUT2D eigenvalue weighted by molar-refractivity contribution is -0.147. The SMILES string of the molecule is COC(=O)C1CCC(C(=O)Nc2sc(C)cc2C(=O)NCc2ccc(OC)c(OC)c2)CC1. The predicted molar refractivity (Wildman–Crippen MR) is 126 cm³/mol. The molecule has 0 atom stereocenters. The fraction of sp³-hybridized carbons (Fsp3) is 0.458. The van der Waals surface area contributed by atoms with E-state index in [0.717, 1.165) is 10.4 Å². The number of esters is 1. The van der Waals surface area contributed by atoms with Crippen molar-refractivity contribution in [2.24, 2.45) is 11.8 Å². The average Bonchev–Trinajstić information content (AvgIpc) is 3.21. The van der Waals surface area contributed by atoms with Crippen molar-refractivity contribution in [2.45, 2.75) is 39.2 Å². The molecule has 1 aromatic carbocycles. The Kier molecular flexibility index (Phi) is 8.32. The summed E-state index contributed by atoms with van der Waals surface area (Å²) >= 11 is 1.37. The van der Waals surface area contributed by atoms with Crippen molar-refractivity contribution >= 4 is 34.1 Å². The minimum Gasteiger partial charge on any atom is -0.493 e. The van der Waals surface area contributed by atoms with Gasteiger partial charge in [0.25, 0.3) is 5.91 Å². The molecule has 9 heteroatoms. The molecule has 0 bridgehead atoms.